The van der Waals surface area contributed by atoms with Crippen molar-refractivity contribution in [2.24, 2.45) is 0 Å². The summed E-state index contributed by atoms with van der Waals surface area (Å²) < 4.78 is 10.7. The number of nitrogens with one attached hydrogen (secondary N) is 2. The van der Waals surface area contributed by atoms with E-state index in [1.165, 1.54) is 11.1 Å². The Morgan fingerprint density at radius 1 is 1.12 bits per heavy atom. The fourth-order valence-corrected chi connectivity index (χ4v) is 4.70. The first-order chi connectivity index (χ1) is 16.4. The van der Waals surface area contributed by atoms with Gasteiger partial charge < -0.3 is 25.2 Å². The van der Waals surface area contributed by atoms with Gasteiger partial charge in [-0.1, -0.05) is 48.5 Å². The van der Waals surface area contributed by atoms with Gasteiger partial charge in [0.05, 0.1) is 6.61 Å². The largest absolute Gasteiger partial charge is 0.479 e. The van der Waals surface area contributed by atoms with Crippen molar-refractivity contribution in [2.45, 2.75) is 50.1 Å². The van der Waals surface area contributed by atoms with Crippen LogP contribution in [-0.4, -0.2) is 54.5 Å². The summed E-state index contributed by atoms with van der Waals surface area (Å²) in [6, 6.07) is 16.1. The van der Waals surface area contributed by atoms with Crippen LogP contribution in [0.15, 0.2) is 48.5 Å². The number of ether oxygens (including phenoxy) is 2. The Kier molecular flexibility index (Phi) is 7.17. The molecule has 2 aromatic carbocycles. The van der Waals surface area contributed by atoms with Gasteiger partial charge in [0.1, 0.15) is 6.61 Å². The summed E-state index contributed by atoms with van der Waals surface area (Å²) in [5.41, 5.74) is 3.33. The number of amides is 2. The lowest BCUT2D eigenvalue weighted by Gasteiger charge is -2.23. The highest BCUT2D eigenvalue weighted by molar-refractivity contribution is 5.87. The zero-order valence-electron chi connectivity index (χ0n) is 19.2. The topological polar surface area (TPSA) is 114 Å². The second-order valence-electron chi connectivity index (χ2n) is 9.00. The van der Waals surface area contributed by atoms with E-state index in [4.69, 9.17) is 9.47 Å². The van der Waals surface area contributed by atoms with Crippen molar-refractivity contribution in [1.29, 1.82) is 0 Å². The van der Waals surface area contributed by atoms with E-state index in [9.17, 15) is 19.5 Å². The minimum absolute atomic E-state index is 0.00160. The van der Waals surface area contributed by atoms with Crippen LogP contribution >= 0.6 is 0 Å². The molecule has 1 fully saturated rings. The number of aliphatic carboxylic acids is 1. The van der Waals surface area contributed by atoms with E-state index in [2.05, 4.69) is 34.9 Å². The van der Waals surface area contributed by atoms with Crippen LogP contribution in [0, 0.1) is 0 Å². The first-order valence-corrected chi connectivity index (χ1v) is 11.6. The number of carbonyl (C=O) groups excluding carboxylic acids is 2. The number of carboxylic acids is 1. The smallest absolute Gasteiger partial charge is 0.407 e. The lowest BCUT2D eigenvalue weighted by molar-refractivity contribution is -0.147. The third-order valence-corrected chi connectivity index (χ3v) is 6.56. The van der Waals surface area contributed by atoms with Crippen LogP contribution in [0.25, 0.3) is 11.1 Å². The molecule has 3 N–H and O–H groups in total. The average Bonchev–Trinajstić information content (AvgIpc) is 3.41. The maximum Gasteiger partial charge on any atom is 0.407 e. The van der Waals surface area contributed by atoms with E-state index >= 15 is 0 Å². The maximum absolute atomic E-state index is 12.4. The van der Waals surface area contributed by atoms with Crippen LogP contribution in [0.1, 0.15) is 49.7 Å². The summed E-state index contributed by atoms with van der Waals surface area (Å²) in [5.74, 6) is -1.41. The van der Waals surface area contributed by atoms with E-state index in [0.29, 0.717) is 19.4 Å². The van der Waals surface area contributed by atoms with Gasteiger partial charge >= 0.3 is 12.1 Å². The zero-order chi connectivity index (χ0) is 24.1. The van der Waals surface area contributed by atoms with Crippen molar-refractivity contribution in [3.63, 3.8) is 0 Å². The Balaban J connectivity index is 1.21. The van der Waals surface area contributed by atoms with Crippen molar-refractivity contribution >= 4 is 18.0 Å². The van der Waals surface area contributed by atoms with Crippen molar-refractivity contribution in [2.75, 3.05) is 19.8 Å². The minimum atomic E-state index is -1.33. The molecule has 0 bridgehead atoms. The fraction of sp³-hybridized carbons (Fsp3) is 0.423. The number of alkyl carbamates (subject to hydrolysis) is 1. The predicted octanol–water partition coefficient (Wildman–Crippen LogP) is 3.44. The molecule has 0 saturated carbocycles. The monoisotopic (exact) mass is 466 g/mol. The van der Waals surface area contributed by atoms with E-state index in [0.717, 1.165) is 11.1 Å². The van der Waals surface area contributed by atoms with Gasteiger partial charge in [-0.3, -0.25) is 4.79 Å². The zero-order valence-corrected chi connectivity index (χ0v) is 19.2. The average molecular weight is 467 g/mol. The Bertz CT molecular complexity index is 1020. The summed E-state index contributed by atoms with van der Waals surface area (Å²) in [4.78, 5) is 36.1. The normalized spacial score (nSPS) is 19.7. The molecule has 1 saturated heterocycles. The summed E-state index contributed by atoms with van der Waals surface area (Å²) in [7, 11) is 0. The SMILES string of the molecule is CC(CCCC(=O)NC1(C(=O)O)CCOC1)NC(=O)OCC1c2ccccc2-c2ccccc21. The molecule has 34 heavy (non-hydrogen) atoms. The van der Waals surface area contributed by atoms with Crippen LogP contribution in [0.5, 0.6) is 0 Å². The van der Waals surface area contributed by atoms with Crippen LogP contribution in [0.2, 0.25) is 0 Å². The predicted molar refractivity (Wildman–Crippen MR) is 125 cm³/mol. The minimum Gasteiger partial charge on any atom is -0.479 e. The van der Waals surface area contributed by atoms with Gasteiger partial charge in [0.2, 0.25) is 5.91 Å². The third kappa shape index (κ3) is 5.07. The van der Waals surface area contributed by atoms with Crippen molar-refractivity contribution in [3.05, 3.63) is 59.7 Å². The van der Waals surface area contributed by atoms with Gasteiger partial charge in [-0.15, -0.1) is 0 Å². The number of rotatable bonds is 9. The van der Waals surface area contributed by atoms with Crippen LogP contribution in [0.3, 0.4) is 0 Å². The van der Waals surface area contributed by atoms with Crippen molar-refractivity contribution in [3.8, 4) is 11.1 Å². The molecule has 8 nitrogen and oxygen atoms in total. The molecule has 1 aliphatic heterocycles. The van der Waals surface area contributed by atoms with E-state index in [1.54, 1.807) is 0 Å². The molecule has 2 aromatic rings. The van der Waals surface area contributed by atoms with E-state index in [-0.39, 0.29) is 43.9 Å². The van der Waals surface area contributed by atoms with Crippen LogP contribution < -0.4 is 10.6 Å². The molecule has 2 atom stereocenters. The Morgan fingerprint density at radius 3 is 2.35 bits per heavy atom. The quantitative estimate of drug-likeness (QED) is 0.522. The molecule has 2 aliphatic rings. The second kappa shape index (κ2) is 10.3. The van der Waals surface area contributed by atoms with Gasteiger partial charge in [0.15, 0.2) is 5.54 Å². The Morgan fingerprint density at radius 2 is 1.76 bits per heavy atom. The van der Waals surface area contributed by atoms with Crippen molar-refractivity contribution in [1.82, 2.24) is 10.6 Å². The highest BCUT2D eigenvalue weighted by Gasteiger charge is 2.43. The van der Waals surface area contributed by atoms with Gasteiger partial charge in [0.25, 0.3) is 0 Å². The summed E-state index contributed by atoms with van der Waals surface area (Å²) >= 11 is 0. The molecule has 1 aliphatic carbocycles. The molecule has 180 valence electrons. The standard InChI is InChI=1S/C26H30N2O6/c1-17(7-6-12-23(29)28-26(24(30)31)13-14-33-16-26)27-25(32)34-15-22-20-10-4-2-8-18(20)19-9-3-5-11-21(19)22/h2-5,8-11,17,22H,6-7,12-16H2,1H3,(H,27,32)(H,28,29)(H,30,31). The van der Waals surface area contributed by atoms with Gasteiger partial charge in [-0.2, -0.15) is 0 Å². The molecule has 8 heteroatoms. The molecule has 0 radical (unpaired) electrons. The van der Waals surface area contributed by atoms with Crippen LogP contribution in [0.4, 0.5) is 4.79 Å². The van der Waals surface area contributed by atoms with Crippen LogP contribution in [-0.2, 0) is 19.1 Å². The van der Waals surface area contributed by atoms with Gasteiger partial charge in [-0.05, 0) is 42.0 Å². The lowest BCUT2D eigenvalue weighted by Crippen LogP contribution is -2.55. The number of carboxylic acid groups (broad SMARTS) is 1. The number of fused-ring (bicyclic) bond motifs is 3. The van der Waals surface area contributed by atoms with E-state index in [1.807, 2.05) is 31.2 Å². The molecule has 0 spiro atoms. The molecule has 2 unspecified atom stereocenters. The summed E-state index contributed by atoms with van der Waals surface area (Å²) in [5, 5.41) is 14.8. The van der Waals surface area contributed by atoms with Gasteiger partial charge in [0, 0.05) is 31.4 Å². The Hall–Kier alpha value is -3.39. The highest BCUT2D eigenvalue weighted by Crippen LogP contribution is 2.44. The molecular formula is C26H30N2O6. The molecule has 0 aromatic heterocycles. The van der Waals surface area contributed by atoms with Gasteiger partial charge in [-0.25, -0.2) is 9.59 Å². The highest BCUT2D eigenvalue weighted by atomic mass is 16.5. The first-order valence-electron chi connectivity index (χ1n) is 11.6. The Labute approximate surface area is 198 Å². The number of hydrogen-bond donors (Lipinski definition) is 3. The van der Waals surface area contributed by atoms with Crippen molar-refractivity contribution < 1.29 is 29.0 Å². The summed E-state index contributed by atoms with van der Waals surface area (Å²) in [6.07, 6.45) is 1.01. The molecule has 1 heterocycles. The second-order valence-corrected chi connectivity index (χ2v) is 9.00. The molecule has 2 amide bonds. The third-order valence-electron chi connectivity index (χ3n) is 6.56. The maximum atomic E-state index is 12.4. The lowest BCUT2D eigenvalue weighted by atomic mass is 9.98. The molecular weight excluding hydrogens is 436 g/mol. The fourth-order valence-electron chi connectivity index (χ4n) is 4.70. The number of hydrogen-bond acceptors (Lipinski definition) is 5. The number of carbonyl (C=O) groups is 3. The molecule has 4 rings (SSSR count). The number of benzene rings is 2. The van der Waals surface area contributed by atoms with E-state index < -0.39 is 17.6 Å². The first kappa shape index (κ1) is 23.8. The summed E-state index contributed by atoms with van der Waals surface area (Å²) in [6.45, 7) is 2.39.